The lowest BCUT2D eigenvalue weighted by Crippen LogP contribution is -2.45. The Labute approximate surface area is 165 Å². The summed E-state index contributed by atoms with van der Waals surface area (Å²) in [5.41, 5.74) is 3.97. The molecule has 0 saturated carbocycles. The molecule has 0 spiro atoms. The second-order valence-electron chi connectivity index (χ2n) is 7.33. The molecule has 0 unspecified atom stereocenters. The third-order valence-corrected chi connectivity index (χ3v) is 5.92. The number of anilines is 1. The molecule has 2 aromatic rings. The molecular formula is C21H24N2O4S. The number of nitrogens with zero attached hydrogens (tertiary/aromatic N) is 1. The van der Waals surface area contributed by atoms with Gasteiger partial charge in [0.1, 0.15) is 15.9 Å². The van der Waals surface area contributed by atoms with Crippen LogP contribution >= 0.6 is 0 Å². The summed E-state index contributed by atoms with van der Waals surface area (Å²) in [5, 5.41) is 2.88. The van der Waals surface area contributed by atoms with Crippen molar-refractivity contribution in [1.29, 1.82) is 0 Å². The van der Waals surface area contributed by atoms with Gasteiger partial charge in [-0.3, -0.25) is 9.59 Å². The first-order valence-electron chi connectivity index (χ1n) is 9.10. The van der Waals surface area contributed by atoms with Crippen molar-refractivity contribution in [2.24, 2.45) is 0 Å². The fraction of sp³-hybridized carbons (Fsp3) is 0.333. The van der Waals surface area contributed by atoms with Crippen molar-refractivity contribution in [2.45, 2.75) is 32.9 Å². The van der Waals surface area contributed by atoms with E-state index in [0.29, 0.717) is 17.8 Å². The first-order valence-corrected chi connectivity index (χ1v) is 11.2. The first-order chi connectivity index (χ1) is 13.2. The van der Waals surface area contributed by atoms with Gasteiger partial charge in [0.25, 0.3) is 5.91 Å². The third-order valence-electron chi connectivity index (χ3n) is 4.94. The van der Waals surface area contributed by atoms with E-state index in [4.69, 9.17) is 0 Å². The van der Waals surface area contributed by atoms with Gasteiger partial charge in [-0.1, -0.05) is 30.3 Å². The average Bonchev–Trinajstić information content (AvgIpc) is 2.94. The van der Waals surface area contributed by atoms with Crippen molar-refractivity contribution in [3.05, 3.63) is 64.7 Å². The lowest BCUT2D eigenvalue weighted by atomic mass is 10.1. The van der Waals surface area contributed by atoms with Crippen LogP contribution in [0.4, 0.5) is 5.69 Å². The SMILES string of the molecule is Cc1ccc(C)c(NC(=O)[C@H](CCS(C)(=O)=O)N2Cc3ccccc3C2=O)c1. The molecular weight excluding hydrogens is 376 g/mol. The van der Waals surface area contributed by atoms with Crippen LogP contribution in [0.1, 0.15) is 33.5 Å². The zero-order valence-electron chi connectivity index (χ0n) is 16.2. The standard InChI is InChI=1S/C21H24N2O4S/c1-14-8-9-15(2)18(12-14)22-20(24)19(10-11-28(3,26)27)23-13-16-6-4-5-7-17(16)21(23)25/h4-9,12,19H,10-11,13H2,1-3H3,(H,22,24)/t19-/m0/s1. The maximum atomic E-state index is 13.1. The molecule has 2 amide bonds. The summed E-state index contributed by atoms with van der Waals surface area (Å²) in [7, 11) is -3.27. The van der Waals surface area contributed by atoms with Gasteiger partial charge in [0.05, 0.1) is 5.75 Å². The Morgan fingerprint density at radius 2 is 1.89 bits per heavy atom. The summed E-state index contributed by atoms with van der Waals surface area (Å²) in [4.78, 5) is 27.4. The largest absolute Gasteiger partial charge is 0.324 e. The number of carbonyl (C=O) groups is 2. The molecule has 1 heterocycles. The van der Waals surface area contributed by atoms with E-state index in [9.17, 15) is 18.0 Å². The summed E-state index contributed by atoms with van der Waals surface area (Å²) in [6.07, 6.45) is 1.18. The van der Waals surface area contributed by atoms with Crippen LogP contribution < -0.4 is 5.32 Å². The van der Waals surface area contributed by atoms with Gasteiger partial charge in [-0.2, -0.15) is 0 Å². The summed E-state index contributed by atoms with van der Waals surface area (Å²) >= 11 is 0. The van der Waals surface area contributed by atoms with Gasteiger partial charge in [0.15, 0.2) is 0 Å². The number of benzene rings is 2. The highest BCUT2D eigenvalue weighted by Gasteiger charge is 2.36. The lowest BCUT2D eigenvalue weighted by molar-refractivity contribution is -0.120. The summed E-state index contributed by atoms with van der Waals surface area (Å²) in [6, 6.07) is 12.1. The van der Waals surface area contributed by atoms with Gasteiger partial charge < -0.3 is 10.2 Å². The highest BCUT2D eigenvalue weighted by atomic mass is 32.2. The number of rotatable bonds is 6. The van der Waals surface area contributed by atoms with Crippen LogP contribution in [0.3, 0.4) is 0 Å². The molecule has 148 valence electrons. The highest BCUT2D eigenvalue weighted by Crippen LogP contribution is 2.27. The predicted molar refractivity (Wildman–Crippen MR) is 109 cm³/mol. The fourth-order valence-corrected chi connectivity index (χ4v) is 4.02. The molecule has 1 aliphatic rings. The Kier molecular flexibility index (Phi) is 5.56. The molecule has 2 aromatic carbocycles. The van der Waals surface area contributed by atoms with Crippen molar-refractivity contribution in [3.8, 4) is 0 Å². The molecule has 1 N–H and O–H groups in total. The Morgan fingerprint density at radius 1 is 1.18 bits per heavy atom. The van der Waals surface area contributed by atoms with Crippen LogP contribution in [0, 0.1) is 13.8 Å². The molecule has 6 nitrogen and oxygen atoms in total. The first kappa shape index (κ1) is 20.1. The minimum atomic E-state index is -3.27. The molecule has 28 heavy (non-hydrogen) atoms. The predicted octanol–water partition coefficient (Wildman–Crippen LogP) is 2.70. The Balaban J connectivity index is 1.88. The molecule has 0 saturated heterocycles. The molecule has 0 radical (unpaired) electrons. The van der Waals surface area contributed by atoms with E-state index in [1.54, 1.807) is 12.1 Å². The lowest BCUT2D eigenvalue weighted by Gasteiger charge is -2.27. The average molecular weight is 401 g/mol. The second-order valence-corrected chi connectivity index (χ2v) is 9.59. The van der Waals surface area contributed by atoms with E-state index in [1.807, 2.05) is 44.2 Å². The minimum Gasteiger partial charge on any atom is -0.324 e. The highest BCUT2D eigenvalue weighted by molar-refractivity contribution is 7.90. The van der Waals surface area contributed by atoms with Crippen molar-refractivity contribution in [3.63, 3.8) is 0 Å². The topological polar surface area (TPSA) is 83.6 Å². The molecule has 0 aromatic heterocycles. The van der Waals surface area contributed by atoms with E-state index >= 15 is 0 Å². The van der Waals surface area contributed by atoms with Crippen LogP contribution in [0.5, 0.6) is 0 Å². The second kappa shape index (κ2) is 7.75. The van der Waals surface area contributed by atoms with Crippen molar-refractivity contribution in [1.82, 2.24) is 4.90 Å². The molecule has 1 atom stereocenters. The van der Waals surface area contributed by atoms with Gasteiger partial charge >= 0.3 is 0 Å². The minimum absolute atomic E-state index is 0.0509. The Hall–Kier alpha value is -2.67. The van der Waals surface area contributed by atoms with Crippen molar-refractivity contribution >= 4 is 27.3 Å². The van der Waals surface area contributed by atoms with Crippen LogP contribution in [0.15, 0.2) is 42.5 Å². The smallest absolute Gasteiger partial charge is 0.255 e. The number of sulfone groups is 1. The Morgan fingerprint density at radius 3 is 2.57 bits per heavy atom. The van der Waals surface area contributed by atoms with Gasteiger partial charge in [0, 0.05) is 24.1 Å². The number of aryl methyl sites for hydroxylation is 2. The molecule has 0 aliphatic carbocycles. The molecule has 7 heteroatoms. The van der Waals surface area contributed by atoms with E-state index in [2.05, 4.69) is 5.32 Å². The zero-order valence-corrected chi connectivity index (χ0v) is 17.0. The fourth-order valence-electron chi connectivity index (χ4n) is 3.37. The molecule has 0 fully saturated rings. The number of amides is 2. The number of carbonyl (C=O) groups excluding carboxylic acids is 2. The number of hydrogen-bond donors (Lipinski definition) is 1. The normalized spacial score (nSPS) is 14.7. The van der Waals surface area contributed by atoms with Crippen molar-refractivity contribution in [2.75, 3.05) is 17.3 Å². The zero-order chi connectivity index (χ0) is 20.5. The van der Waals surface area contributed by atoms with Crippen molar-refractivity contribution < 1.29 is 18.0 Å². The monoisotopic (exact) mass is 400 g/mol. The van der Waals surface area contributed by atoms with Crippen LogP contribution in [-0.2, 0) is 21.2 Å². The molecule has 0 bridgehead atoms. The third kappa shape index (κ3) is 4.42. The number of hydrogen-bond acceptors (Lipinski definition) is 4. The maximum Gasteiger partial charge on any atom is 0.255 e. The maximum absolute atomic E-state index is 13.1. The van der Waals surface area contributed by atoms with E-state index in [1.165, 1.54) is 4.90 Å². The number of nitrogens with one attached hydrogen (secondary N) is 1. The van der Waals surface area contributed by atoms with E-state index in [-0.39, 0.29) is 24.0 Å². The molecule has 1 aliphatic heterocycles. The molecule has 3 rings (SSSR count). The van der Waals surface area contributed by atoms with E-state index < -0.39 is 15.9 Å². The Bertz CT molecular complexity index is 1030. The van der Waals surface area contributed by atoms with Gasteiger partial charge in [-0.15, -0.1) is 0 Å². The summed E-state index contributed by atoms with van der Waals surface area (Å²) in [5.74, 6) is -0.790. The number of fused-ring (bicyclic) bond motifs is 1. The van der Waals surface area contributed by atoms with Gasteiger partial charge in [-0.05, 0) is 49.1 Å². The quantitative estimate of drug-likeness (QED) is 0.808. The van der Waals surface area contributed by atoms with Crippen LogP contribution in [0.25, 0.3) is 0 Å². The van der Waals surface area contributed by atoms with Crippen LogP contribution in [0.2, 0.25) is 0 Å². The summed E-state index contributed by atoms with van der Waals surface area (Å²) < 4.78 is 23.4. The van der Waals surface area contributed by atoms with Gasteiger partial charge in [-0.25, -0.2) is 8.42 Å². The van der Waals surface area contributed by atoms with Gasteiger partial charge in [0.2, 0.25) is 5.91 Å². The van der Waals surface area contributed by atoms with Crippen LogP contribution in [-0.4, -0.2) is 43.2 Å². The van der Waals surface area contributed by atoms with E-state index in [0.717, 1.165) is 22.9 Å². The summed E-state index contributed by atoms with van der Waals surface area (Å²) in [6.45, 7) is 4.11.